The molecule has 0 saturated heterocycles. The summed E-state index contributed by atoms with van der Waals surface area (Å²) in [7, 11) is 0. The Morgan fingerprint density at radius 2 is 1.53 bits per heavy atom. The maximum atomic E-state index is 9.39. The zero-order valence-corrected chi connectivity index (χ0v) is 23.8. The van der Waals surface area contributed by atoms with Crippen LogP contribution in [0.3, 0.4) is 0 Å². The van der Waals surface area contributed by atoms with Gasteiger partial charge in [-0.05, 0) is 54.3 Å². The van der Waals surface area contributed by atoms with Crippen molar-refractivity contribution in [3.63, 3.8) is 0 Å². The molecule has 2 aromatic carbocycles. The minimum absolute atomic E-state index is 0. The van der Waals surface area contributed by atoms with Crippen LogP contribution in [0.2, 0.25) is 0 Å². The number of aromatic nitrogens is 1. The van der Waals surface area contributed by atoms with Crippen LogP contribution in [0, 0.1) is 23.8 Å². The Morgan fingerprint density at radius 3 is 2.15 bits per heavy atom. The molecule has 4 rings (SSSR count). The van der Waals surface area contributed by atoms with Crippen molar-refractivity contribution in [2.75, 3.05) is 0 Å². The molecule has 1 heterocycles. The van der Waals surface area contributed by atoms with E-state index >= 15 is 0 Å². The van der Waals surface area contributed by atoms with Crippen molar-refractivity contribution in [2.45, 2.75) is 79.4 Å². The summed E-state index contributed by atoms with van der Waals surface area (Å²) < 4.78 is 0. The second kappa shape index (κ2) is 12.9. The maximum Gasteiger partial charge on any atom is 0.0598 e. The topological polar surface area (TPSA) is 53.4 Å². The predicted octanol–water partition coefficient (Wildman–Crippen LogP) is 6.41. The Morgan fingerprint density at radius 1 is 0.882 bits per heavy atom. The number of hydrogen-bond acceptors (Lipinski definition) is 3. The van der Waals surface area contributed by atoms with Crippen molar-refractivity contribution in [2.24, 2.45) is 17.8 Å². The molecule has 0 spiro atoms. The van der Waals surface area contributed by atoms with Crippen molar-refractivity contribution in [1.82, 2.24) is 4.98 Å². The molecular formula is C30H40IrNO2-. The van der Waals surface area contributed by atoms with Gasteiger partial charge in [0.2, 0.25) is 0 Å². The van der Waals surface area contributed by atoms with Crippen molar-refractivity contribution in [1.29, 1.82) is 0 Å². The van der Waals surface area contributed by atoms with Crippen LogP contribution in [0.25, 0.3) is 22.2 Å². The van der Waals surface area contributed by atoms with E-state index in [2.05, 4.69) is 56.3 Å². The number of aryl methyl sites for hydroxylation is 2. The fraction of sp³-hybridized carbons (Fsp3) is 0.500. The first-order valence-corrected chi connectivity index (χ1v) is 12.4. The van der Waals surface area contributed by atoms with E-state index in [0.717, 1.165) is 30.5 Å². The number of rotatable bonds is 6. The summed E-state index contributed by atoms with van der Waals surface area (Å²) in [6, 6.07) is 18.6. The number of pyridine rings is 1. The zero-order valence-electron chi connectivity index (χ0n) is 21.4. The Balaban J connectivity index is 0.000000294. The van der Waals surface area contributed by atoms with Crippen molar-refractivity contribution in [3.05, 3.63) is 65.2 Å². The summed E-state index contributed by atoms with van der Waals surface area (Å²) in [5, 5.41) is 20.1. The summed E-state index contributed by atoms with van der Waals surface area (Å²) in [6.45, 7) is 12.4. The van der Waals surface area contributed by atoms with Gasteiger partial charge in [0.05, 0.1) is 17.7 Å². The summed E-state index contributed by atoms with van der Waals surface area (Å²) in [5.74, 6) is 1.14. The Bertz CT molecular complexity index is 1050. The third-order valence-corrected chi connectivity index (χ3v) is 6.52. The van der Waals surface area contributed by atoms with Crippen LogP contribution >= 0.6 is 0 Å². The third-order valence-electron chi connectivity index (χ3n) is 6.52. The molecule has 3 aromatic rings. The normalized spacial score (nSPS) is 14.2. The van der Waals surface area contributed by atoms with Crippen LogP contribution in [0.15, 0.2) is 42.5 Å². The second-order valence-electron chi connectivity index (χ2n) is 10.5. The van der Waals surface area contributed by atoms with Gasteiger partial charge in [0.1, 0.15) is 0 Å². The summed E-state index contributed by atoms with van der Waals surface area (Å²) >= 11 is 0. The Kier molecular flexibility index (Phi) is 10.9. The summed E-state index contributed by atoms with van der Waals surface area (Å²) in [6.07, 6.45) is 3.05. The molecule has 1 aliphatic rings. The molecule has 4 heteroatoms. The van der Waals surface area contributed by atoms with Crippen molar-refractivity contribution < 1.29 is 30.3 Å². The van der Waals surface area contributed by atoms with Gasteiger partial charge in [-0.25, -0.2) is 0 Å². The Hall–Kier alpha value is -1.58. The fourth-order valence-corrected chi connectivity index (χ4v) is 4.28. The van der Waals surface area contributed by atoms with E-state index in [0.29, 0.717) is 12.3 Å². The first kappa shape index (κ1) is 28.7. The molecule has 3 nitrogen and oxygen atoms in total. The first-order valence-electron chi connectivity index (χ1n) is 12.4. The molecule has 2 N–H and O–H groups in total. The number of aliphatic hydroxyl groups is 2. The SMILES string of the molecule is CC(C)C(O)CC(O)C(C)C.CC(C)Cc1cccc2nc3c(cc12)CCc1ccc[c-]c1-3.[Ir]. The van der Waals surface area contributed by atoms with Gasteiger partial charge in [-0.2, -0.15) is 0 Å². The third kappa shape index (κ3) is 7.21. The average molecular weight is 639 g/mol. The van der Waals surface area contributed by atoms with Gasteiger partial charge in [0.25, 0.3) is 0 Å². The molecule has 34 heavy (non-hydrogen) atoms. The number of nitrogens with zero attached hydrogens (tertiary/aromatic N) is 1. The molecule has 2 atom stereocenters. The van der Waals surface area contributed by atoms with Gasteiger partial charge in [-0.3, -0.25) is 4.98 Å². The van der Waals surface area contributed by atoms with E-state index in [4.69, 9.17) is 4.98 Å². The van der Waals surface area contributed by atoms with Gasteiger partial charge in [0, 0.05) is 25.5 Å². The smallest absolute Gasteiger partial charge is 0.0598 e. The number of aliphatic hydroxyl groups excluding tert-OH is 2. The number of fused-ring (bicyclic) bond motifs is 4. The van der Waals surface area contributed by atoms with Crippen LogP contribution in [0.5, 0.6) is 0 Å². The minimum Gasteiger partial charge on any atom is -0.393 e. The quantitative estimate of drug-likeness (QED) is 0.307. The first-order chi connectivity index (χ1) is 15.7. The number of benzene rings is 2. The van der Waals surface area contributed by atoms with Crippen molar-refractivity contribution >= 4 is 10.9 Å². The summed E-state index contributed by atoms with van der Waals surface area (Å²) in [5.41, 5.74) is 7.61. The molecule has 0 aliphatic heterocycles. The van der Waals surface area contributed by atoms with E-state index in [1.165, 1.54) is 27.6 Å². The summed E-state index contributed by atoms with van der Waals surface area (Å²) in [4.78, 5) is 4.99. The van der Waals surface area contributed by atoms with E-state index < -0.39 is 0 Å². The standard InChI is InChI=1S/C21H20N.C9H20O2.Ir/c1-14(2)12-16-7-5-9-20-19(16)13-17-11-10-15-6-3-4-8-18(15)21(17)22-20;1-6(2)8(10)5-9(11)7(3)4;/h3-7,9,13-14H,10-12H2,1-2H3;6-11H,5H2,1-4H3;/q-1;;. The van der Waals surface area contributed by atoms with Crippen LogP contribution in [0.1, 0.15) is 64.7 Å². The largest absolute Gasteiger partial charge is 0.393 e. The van der Waals surface area contributed by atoms with Crippen LogP contribution in [-0.4, -0.2) is 27.4 Å². The second-order valence-corrected chi connectivity index (χ2v) is 10.5. The van der Waals surface area contributed by atoms with E-state index in [9.17, 15) is 10.2 Å². The predicted molar refractivity (Wildman–Crippen MR) is 138 cm³/mol. The van der Waals surface area contributed by atoms with Gasteiger partial charge in [0.15, 0.2) is 0 Å². The molecule has 187 valence electrons. The van der Waals surface area contributed by atoms with Gasteiger partial charge < -0.3 is 10.2 Å². The van der Waals surface area contributed by atoms with Gasteiger partial charge in [-0.15, -0.1) is 35.4 Å². The molecular weight excluding hydrogens is 599 g/mol. The van der Waals surface area contributed by atoms with E-state index in [-0.39, 0.29) is 44.1 Å². The van der Waals surface area contributed by atoms with E-state index in [1.54, 1.807) is 0 Å². The number of hydrogen-bond donors (Lipinski definition) is 2. The van der Waals surface area contributed by atoms with Gasteiger partial charge >= 0.3 is 0 Å². The molecule has 0 amide bonds. The van der Waals surface area contributed by atoms with Crippen LogP contribution in [-0.2, 0) is 39.4 Å². The minimum atomic E-state index is -0.368. The molecule has 0 fully saturated rings. The van der Waals surface area contributed by atoms with Crippen LogP contribution < -0.4 is 0 Å². The average Bonchev–Trinajstić information content (AvgIpc) is 2.78. The molecule has 1 aliphatic carbocycles. The molecule has 1 radical (unpaired) electrons. The molecule has 2 unspecified atom stereocenters. The van der Waals surface area contributed by atoms with Gasteiger partial charge in [-0.1, -0.05) is 71.7 Å². The zero-order chi connectivity index (χ0) is 24.1. The monoisotopic (exact) mass is 639 g/mol. The maximum absolute atomic E-state index is 9.39. The fourth-order valence-electron chi connectivity index (χ4n) is 4.28. The molecule has 1 aromatic heterocycles. The van der Waals surface area contributed by atoms with E-state index in [1.807, 2.05) is 33.8 Å². The molecule has 0 saturated carbocycles. The van der Waals surface area contributed by atoms with Crippen LogP contribution in [0.4, 0.5) is 0 Å². The Labute approximate surface area is 219 Å². The molecule has 0 bridgehead atoms. The van der Waals surface area contributed by atoms with Crippen molar-refractivity contribution in [3.8, 4) is 11.3 Å².